The number of nitrogens with two attached hydrogens (primary N) is 1. The average molecular weight is 379 g/mol. The number of thioether (sulfide) groups is 1. The predicted octanol–water partition coefficient (Wildman–Crippen LogP) is 1.83. The van der Waals surface area contributed by atoms with Crippen LogP contribution in [0.3, 0.4) is 0 Å². The van der Waals surface area contributed by atoms with Crippen molar-refractivity contribution in [2.75, 3.05) is 0 Å². The van der Waals surface area contributed by atoms with E-state index in [1.54, 1.807) is 12.1 Å². The first-order valence-corrected chi connectivity index (χ1v) is 8.56. The minimum atomic E-state index is -0.506. The number of primary amides is 1. The number of β-lactam (4-membered cyclic amide) rings is 1. The Labute approximate surface area is 152 Å². The molecule has 2 amide bonds. The van der Waals surface area contributed by atoms with E-state index in [-0.39, 0.29) is 35.0 Å². The fourth-order valence-corrected chi connectivity index (χ4v) is 4.29. The number of benzene rings is 1. The quantitative estimate of drug-likeness (QED) is 0.347. The van der Waals surface area contributed by atoms with Crippen LogP contribution < -0.4 is 5.73 Å². The first-order valence-electron chi connectivity index (χ1n) is 7.27. The van der Waals surface area contributed by atoms with Gasteiger partial charge in [-0.05, 0) is 29.9 Å². The number of rotatable bonds is 6. The van der Waals surface area contributed by atoms with Crippen LogP contribution in [0.4, 0.5) is 5.69 Å². The summed E-state index contributed by atoms with van der Waals surface area (Å²) in [6, 6.07) is 5.89. The monoisotopic (exact) mass is 379 g/mol. The van der Waals surface area contributed by atoms with Gasteiger partial charge in [0.05, 0.1) is 23.1 Å². The summed E-state index contributed by atoms with van der Waals surface area (Å²) in [7, 11) is 0. The van der Waals surface area contributed by atoms with E-state index in [4.69, 9.17) is 22.7 Å². The van der Waals surface area contributed by atoms with E-state index < -0.39 is 10.8 Å². The molecule has 1 atom stereocenters. The third-order valence-corrected chi connectivity index (χ3v) is 5.32. The largest absolute Gasteiger partial charge is 0.477 e. The number of nitro groups is 1. The summed E-state index contributed by atoms with van der Waals surface area (Å²) in [5.74, 6) is -0.582. The molecule has 0 aliphatic carbocycles. The van der Waals surface area contributed by atoms with Gasteiger partial charge in [-0.25, -0.2) is 0 Å². The second-order valence-corrected chi connectivity index (χ2v) is 7.10. The van der Waals surface area contributed by atoms with Crippen LogP contribution in [0.5, 0.6) is 0 Å². The number of carbonyl (C=O) groups excluding carboxylic acids is 2. The number of non-ortho nitro benzene ring substituents is 1. The average Bonchev–Trinajstić information content (AvgIpc) is 2.84. The molecular weight excluding hydrogens is 366 g/mol. The third kappa shape index (κ3) is 3.49. The van der Waals surface area contributed by atoms with E-state index in [9.17, 15) is 19.7 Å². The van der Waals surface area contributed by atoms with E-state index in [1.165, 1.54) is 28.8 Å². The highest BCUT2D eigenvalue weighted by Gasteiger charge is 2.47. The van der Waals surface area contributed by atoms with Gasteiger partial charge in [0.25, 0.3) is 5.69 Å². The summed E-state index contributed by atoms with van der Waals surface area (Å²) in [4.78, 5) is 35.4. The summed E-state index contributed by atoms with van der Waals surface area (Å²) in [5.41, 5.74) is 6.37. The Morgan fingerprint density at radius 2 is 2.12 bits per heavy atom. The van der Waals surface area contributed by atoms with E-state index >= 15 is 0 Å². The number of thiocarbonyl (C=S) groups is 1. The molecule has 2 aliphatic heterocycles. The highest BCUT2D eigenvalue weighted by Crippen LogP contribution is 2.47. The maximum absolute atomic E-state index is 11.8. The Balaban J connectivity index is 1.71. The maximum atomic E-state index is 11.8. The van der Waals surface area contributed by atoms with Crippen molar-refractivity contribution in [3.05, 3.63) is 50.5 Å². The standard InChI is InChI=1S/C15H13N3O5S2/c16-11(19)5-10-14(17-12(20)6-13(17)25-10)15(24)23-7-8-1-3-9(4-2-8)18(21)22/h1-4,13H,5-7H2,(H2,16,19)/t13-/m1/s1. The fourth-order valence-electron chi connectivity index (χ4n) is 2.53. The number of hydrogen-bond donors (Lipinski definition) is 1. The topological polar surface area (TPSA) is 116 Å². The number of nitrogens with zero attached hydrogens (tertiary/aromatic N) is 2. The van der Waals surface area contributed by atoms with Crippen LogP contribution in [0.25, 0.3) is 0 Å². The molecule has 3 rings (SSSR count). The number of ether oxygens (including phenoxy) is 1. The van der Waals surface area contributed by atoms with Gasteiger partial charge in [0.15, 0.2) is 0 Å². The molecule has 130 valence electrons. The minimum absolute atomic E-state index is 0.00130. The number of fused-ring (bicyclic) bond motifs is 1. The normalized spacial score (nSPS) is 18.6. The summed E-state index contributed by atoms with van der Waals surface area (Å²) >= 11 is 6.68. The van der Waals surface area contributed by atoms with Crippen molar-refractivity contribution in [3.63, 3.8) is 0 Å². The van der Waals surface area contributed by atoms with Gasteiger partial charge in [-0.2, -0.15) is 0 Å². The van der Waals surface area contributed by atoms with Crippen molar-refractivity contribution < 1.29 is 19.2 Å². The van der Waals surface area contributed by atoms with Crippen molar-refractivity contribution in [1.82, 2.24) is 4.90 Å². The molecule has 1 saturated heterocycles. The summed E-state index contributed by atoms with van der Waals surface area (Å²) in [6.07, 6.45) is 0.392. The molecule has 2 aliphatic rings. The molecule has 10 heteroatoms. The van der Waals surface area contributed by atoms with Crippen LogP contribution in [0.1, 0.15) is 18.4 Å². The first-order chi connectivity index (χ1) is 11.9. The lowest BCUT2D eigenvalue weighted by Gasteiger charge is -2.35. The van der Waals surface area contributed by atoms with Gasteiger partial charge in [-0.15, -0.1) is 11.8 Å². The highest BCUT2D eigenvalue weighted by molar-refractivity contribution is 8.04. The highest BCUT2D eigenvalue weighted by atomic mass is 32.2. The van der Waals surface area contributed by atoms with Crippen LogP contribution in [0, 0.1) is 10.1 Å². The molecule has 0 radical (unpaired) electrons. The molecule has 0 aromatic heterocycles. The molecule has 0 unspecified atom stereocenters. The number of nitro benzene ring substituents is 1. The Bertz CT molecular complexity index is 806. The van der Waals surface area contributed by atoms with Crippen molar-refractivity contribution in [1.29, 1.82) is 0 Å². The molecule has 1 aromatic carbocycles. The van der Waals surface area contributed by atoms with Gasteiger partial charge >= 0.3 is 0 Å². The molecule has 0 spiro atoms. The van der Waals surface area contributed by atoms with Gasteiger partial charge in [0.1, 0.15) is 12.3 Å². The van der Waals surface area contributed by atoms with Crippen molar-refractivity contribution >= 4 is 46.5 Å². The van der Waals surface area contributed by atoms with Gasteiger partial charge in [-0.3, -0.25) is 24.6 Å². The van der Waals surface area contributed by atoms with E-state index in [1.807, 2.05) is 0 Å². The summed E-state index contributed by atoms with van der Waals surface area (Å²) in [6.45, 7) is 0.0988. The second kappa shape index (κ2) is 6.81. The molecule has 0 saturated carbocycles. The van der Waals surface area contributed by atoms with Crippen molar-refractivity contribution in [2.45, 2.75) is 24.8 Å². The number of hydrogen-bond acceptors (Lipinski definition) is 7. The smallest absolute Gasteiger partial charge is 0.269 e. The Kier molecular flexibility index (Phi) is 4.73. The Morgan fingerprint density at radius 1 is 1.44 bits per heavy atom. The van der Waals surface area contributed by atoms with Crippen LogP contribution >= 0.6 is 24.0 Å². The third-order valence-electron chi connectivity index (χ3n) is 3.73. The zero-order valence-electron chi connectivity index (χ0n) is 12.8. The lowest BCUT2D eigenvalue weighted by atomic mass is 10.1. The molecule has 8 nitrogen and oxygen atoms in total. The van der Waals surface area contributed by atoms with Crippen LogP contribution in [0.2, 0.25) is 0 Å². The van der Waals surface area contributed by atoms with Gasteiger partial charge in [0, 0.05) is 17.0 Å². The SMILES string of the molecule is NC(=O)CC1=C(C(=S)OCc2ccc([N+](=O)[O-])cc2)N2C(=O)C[C@H]2S1. The summed E-state index contributed by atoms with van der Waals surface area (Å²) < 4.78 is 5.57. The Morgan fingerprint density at radius 3 is 2.68 bits per heavy atom. The second-order valence-electron chi connectivity index (χ2n) is 5.45. The number of carbonyl (C=O) groups is 2. The zero-order valence-corrected chi connectivity index (χ0v) is 14.5. The lowest BCUT2D eigenvalue weighted by Crippen LogP contribution is -2.48. The molecule has 1 fully saturated rings. The zero-order chi connectivity index (χ0) is 18.1. The van der Waals surface area contributed by atoms with Gasteiger partial charge in [-0.1, -0.05) is 0 Å². The Hall–Kier alpha value is -2.46. The van der Waals surface area contributed by atoms with E-state index in [2.05, 4.69) is 0 Å². The molecule has 2 heterocycles. The fraction of sp³-hybridized carbons (Fsp3) is 0.267. The van der Waals surface area contributed by atoms with Crippen LogP contribution in [-0.4, -0.2) is 32.1 Å². The van der Waals surface area contributed by atoms with Crippen LogP contribution in [-0.2, 0) is 20.9 Å². The number of amides is 2. The first kappa shape index (κ1) is 17.4. The lowest BCUT2D eigenvalue weighted by molar-refractivity contribution is -0.384. The van der Waals surface area contributed by atoms with E-state index in [0.29, 0.717) is 22.6 Å². The summed E-state index contributed by atoms with van der Waals surface area (Å²) in [5, 5.41) is 10.7. The van der Waals surface area contributed by atoms with Crippen molar-refractivity contribution in [3.8, 4) is 0 Å². The van der Waals surface area contributed by atoms with Gasteiger partial charge < -0.3 is 10.5 Å². The van der Waals surface area contributed by atoms with Crippen molar-refractivity contribution in [2.24, 2.45) is 5.73 Å². The van der Waals surface area contributed by atoms with Gasteiger partial charge in [0.2, 0.25) is 16.9 Å². The molecular formula is C15H13N3O5S2. The maximum Gasteiger partial charge on any atom is 0.269 e. The van der Waals surface area contributed by atoms with Crippen LogP contribution in [0.15, 0.2) is 34.9 Å². The molecule has 0 bridgehead atoms. The molecule has 1 aromatic rings. The molecule has 2 N–H and O–H groups in total. The predicted molar refractivity (Wildman–Crippen MR) is 94.2 cm³/mol. The van der Waals surface area contributed by atoms with E-state index in [0.717, 1.165) is 0 Å². The minimum Gasteiger partial charge on any atom is -0.477 e. The molecule has 25 heavy (non-hydrogen) atoms.